The molecule has 4 rings (SSSR count). The summed E-state index contributed by atoms with van der Waals surface area (Å²) in [5.41, 5.74) is 0.860. The van der Waals surface area contributed by atoms with Gasteiger partial charge in [0.2, 0.25) is 0 Å². The highest BCUT2D eigenvalue weighted by Gasteiger charge is 2.72. The number of esters is 1. The fraction of sp³-hybridized carbons (Fsp3) is 0.621. The second-order valence-electron chi connectivity index (χ2n) is 11.3. The van der Waals surface area contributed by atoms with Crippen molar-refractivity contribution >= 4 is 17.7 Å². The van der Waals surface area contributed by atoms with Crippen LogP contribution in [-0.4, -0.2) is 86.3 Å². The molecule has 1 spiro atoms. The highest BCUT2D eigenvalue weighted by molar-refractivity contribution is 5.87. The fourth-order valence-corrected chi connectivity index (χ4v) is 5.66. The monoisotopic (exact) mass is 544 g/mol. The topological polar surface area (TPSA) is 116 Å². The average Bonchev–Trinajstić information content (AvgIpc) is 3.79. The SMILES string of the molecule is CO[C@@H]1[C@H](OC(=O)/C=C/c2ccc(OCCN(C)C)c([N+](=O)[O-])c2)CC[C@]2(CO2)[C@H]1[C@@]1(C)O[C@@H]1CC=C(C)C. The molecule has 6 atom stereocenters. The molecule has 2 heterocycles. The molecule has 39 heavy (non-hydrogen) atoms. The first-order valence-electron chi connectivity index (χ1n) is 13.4. The molecule has 0 amide bonds. The molecule has 2 aliphatic heterocycles. The highest BCUT2D eigenvalue weighted by atomic mass is 16.6. The lowest BCUT2D eigenvalue weighted by atomic mass is 9.68. The van der Waals surface area contributed by atoms with Gasteiger partial charge in [0.05, 0.1) is 23.6 Å². The van der Waals surface area contributed by atoms with Gasteiger partial charge in [-0.25, -0.2) is 4.79 Å². The minimum atomic E-state index is -0.537. The van der Waals surface area contributed by atoms with Crippen LogP contribution in [0.15, 0.2) is 35.9 Å². The van der Waals surface area contributed by atoms with Gasteiger partial charge in [0.15, 0.2) is 5.75 Å². The van der Waals surface area contributed by atoms with Crippen molar-refractivity contribution in [1.82, 2.24) is 4.90 Å². The molecule has 0 aromatic heterocycles. The third-order valence-electron chi connectivity index (χ3n) is 7.89. The van der Waals surface area contributed by atoms with Gasteiger partial charge in [0.25, 0.3) is 0 Å². The number of nitro benzene ring substituents is 1. The predicted molar refractivity (Wildman–Crippen MR) is 146 cm³/mol. The Morgan fingerprint density at radius 3 is 2.67 bits per heavy atom. The summed E-state index contributed by atoms with van der Waals surface area (Å²) in [6.07, 6.45) is 6.40. The van der Waals surface area contributed by atoms with Gasteiger partial charge in [-0.15, -0.1) is 0 Å². The first-order chi connectivity index (χ1) is 18.5. The number of hydrogen-bond acceptors (Lipinski definition) is 9. The normalized spacial score (nSPS) is 31.4. The molecule has 0 unspecified atom stereocenters. The van der Waals surface area contributed by atoms with Crippen LogP contribution in [0.3, 0.4) is 0 Å². The first kappa shape index (κ1) is 29.2. The van der Waals surface area contributed by atoms with E-state index >= 15 is 0 Å². The summed E-state index contributed by atoms with van der Waals surface area (Å²) in [5, 5.41) is 11.6. The zero-order chi connectivity index (χ0) is 28.4. The summed E-state index contributed by atoms with van der Waals surface area (Å²) in [4.78, 5) is 25.8. The minimum absolute atomic E-state index is 0.0658. The molecule has 1 aromatic carbocycles. The number of allylic oxidation sites excluding steroid dienone is 1. The fourth-order valence-electron chi connectivity index (χ4n) is 5.66. The highest BCUT2D eigenvalue weighted by Crippen LogP contribution is 2.59. The molecule has 1 aromatic rings. The van der Waals surface area contributed by atoms with Crippen molar-refractivity contribution in [2.45, 2.75) is 69.5 Å². The number of nitrogens with zero attached hydrogens (tertiary/aromatic N) is 2. The second-order valence-corrected chi connectivity index (χ2v) is 11.3. The largest absolute Gasteiger partial charge is 0.485 e. The average molecular weight is 545 g/mol. The molecule has 214 valence electrons. The number of carbonyl (C=O) groups excluding carboxylic acids is 1. The third-order valence-corrected chi connectivity index (χ3v) is 7.89. The van der Waals surface area contributed by atoms with Gasteiger partial charge in [-0.2, -0.15) is 0 Å². The summed E-state index contributed by atoms with van der Waals surface area (Å²) in [6.45, 7) is 7.84. The van der Waals surface area contributed by atoms with Crippen molar-refractivity contribution in [1.29, 1.82) is 0 Å². The van der Waals surface area contributed by atoms with Crippen LogP contribution in [0, 0.1) is 16.0 Å². The summed E-state index contributed by atoms with van der Waals surface area (Å²) in [5.74, 6) is -0.415. The van der Waals surface area contributed by atoms with Gasteiger partial charge in [0.1, 0.15) is 30.0 Å². The van der Waals surface area contributed by atoms with Crippen molar-refractivity contribution in [2.24, 2.45) is 5.92 Å². The minimum Gasteiger partial charge on any atom is -0.485 e. The summed E-state index contributed by atoms with van der Waals surface area (Å²) >= 11 is 0. The zero-order valence-corrected chi connectivity index (χ0v) is 23.7. The zero-order valence-electron chi connectivity index (χ0n) is 23.7. The number of ether oxygens (including phenoxy) is 5. The van der Waals surface area contributed by atoms with Gasteiger partial charge < -0.3 is 28.6 Å². The van der Waals surface area contributed by atoms with E-state index in [-0.39, 0.29) is 35.2 Å². The van der Waals surface area contributed by atoms with E-state index in [9.17, 15) is 14.9 Å². The number of benzene rings is 1. The molecule has 10 nitrogen and oxygen atoms in total. The summed E-state index contributed by atoms with van der Waals surface area (Å²) in [6, 6.07) is 4.60. The molecule has 10 heteroatoms. The van der Waals surface area contributed by atoms with Crippen LogP contribution in [0.1, 0.15) is 45.6 Å². The van der Waals surface area contributed by atoms with E-state index in [2.05, 4.69) is 26.8 Å². The quantitative estimate of drug-likeness (QED) is 0.0954. The van der Waals surface area contributed by atoms with Crippen LogP contribution in [0.2, 0.25) is 0 Å². The number of likely N-dealkylation sites (N-methyl/N-ethyl adjacent to an activating group) is 1. The maximum atomic E-state index is 12.8. The van der Waals surface area contributed by atoms with Gasteiger partial charge >= 0.3 is 11.7 Å². The maximum absolute atomic E-state index is 12.8. The van der Waals surface area contributed by atoms with E-state index in [1.54, 1.807) is 19.2 Å². The van der Waals surface area contributed by atoms with Gasteiger partial charge in [-0.1, -0.05) is 17.7 Å². The number of nitro groups is 1. The second kappa shape index (κ2) is 11.8. The number of hydrogen-bond donors (Lipinski definition) is 0. The third kappa shape index (κ3) is 6.69. The van der Waals surface area contributed by atoms with Crippen LogP contribution in [0.5, 0.6) is 5.75 Å². The smallest absolute Gasteiger partial charge is 0.331 e. The van der Waals surface area contributed by atoms with E-state index < -0.39 is 22.6 Å². The Kier molecular flexibility index (Phi) is 8.80. The Morgan fingerprint density at radius 1 is 1.31 bits per heavy atom. The van der Waals surface area contributed by atoms with Gasteiger partial charge in [-0.3, -0.25) is 10.1 Å². The molecule has 1 saturated carbocycles. The standard InChI is InChI=1S/C29H40N2O8/c1-19(2)7-11-24-28(3,39-24)27-26(35-6)23(13-14-29(27)18-37-29)38-25(32)12-9-20-8-10-22(21(17-20)31(33)34)36-16-15-30(4)5/h7-10,12,17,23-24,26-27H,11,13-16,18H2,1-6H3/b12-9+/t23-,24-,26-,27-,28+,29+/m1/s1. The van der Waals surface area contributed by atoms with Gasteiger partial charge in [-0.05, 0) is 71.8 Å². The number of methoxy groups -OCH3 is 1. The Labute approximate surface area is 230 Å². The van der Waals surface area contributed by atoms with Crippen molar-refractivity contribution in [3.05, 3.63) is 51.6 Å². The lowest BCUT2D eigenvalue weighted by Gasteiger charge is -2.42. The molecule has 0 bridgehead atoms. The van der Waals surface area contributed by atoms with Crippen LogP contribution in [-0.2, 0) is 23.7 Å². The molecule has 2 saturated heterocycles. The lowest BCUT2D eigenvalue weighted by Crippen LogP contribution is -2.55. The molecule has 0 radical (unpaired) electrons. The van der Waals surface area contributed by atoms with E-state index in [4.69, 9.17) is 23.7 Å². The van der Waals surface area contributed by atoms with E-state index in [0.717, 1.165) is 12.8 Å². The Hall–Kier alpha value is -2.79. The molecule has 3 fully saturated rings. The molecule has 0 N–H and O–H groups in total. The summed E-state index contributed by atoms with van der Waals surface area (Å²) < 4.78 is 29.5. The van der Waals surface area contributed by atoms with E-state index in [0.29, 0.717) is 31.7 Å². The number of epoxide rings is 2. The van der Waals surface area contributed by atoms with Crippen LogP contribution < -0.4 is 4.74 Å². The van der Waals surface area contributed by atoms with Crippen molar-refractivity contribution < 1.29 is 33.4 Å². The van der Waals surface area contributed by atoms with E-state index in [1.807, 2.05) is 19.0 Å². The van der Waals surface area contributed by atoms with Crippen LogP contribution in [0.25, 0.3) is 6.08 Å². The molecular formula is C29H40N2O8. The van der Waals surface area contributed by atoms with Crippen LogP contribution >= 0.6 is 0 Å². The van der Waals surface area contributed by atoms with Gasteiger partial charge in [0, 0.05) is 25.8 Å². The number of carbonyl (C=O) groups is 1. The maximum Gasteiger partial charge on any atom is 0.331 e. The number of rotatable bonds is 12. The van der Waals surface area contributed by atoms with E-state index in [1.165, 1.54) is 23.8 Å². The van der Waals surface area contributed by atoms with Crippen molar-refractivity contribution in [3.8, 4) is 5.75 Å². The predicted octanol–water partition coefficient (Wildman–Crippen LogP) is 4.17. The molecule has 1 aliphatic carbocycles. The van der Waals surface area contributed by atoms with Crippen molar-refractivity contribution in [3.63, 3.8) is 0 Å². The Balaban J connectivity index is 1.42. The molecule has 3 aliphatic rings. The van der Waals surface area contributed by atoms with Crippen LogP contribution in [0.4, 0.5) is 5.69 Å². The lowest BCUT2D eigenvalue weighted by molar-refractivity contribution is -0.385. The first-order valence-corrected chi connectivity index (χ1v) is 13.4. The Morgan fingerprint density at radius 2 is 2.05 bits per heavy atom. The Bertz CT molecular complexity index is 1120. The summed E-state index contributed by atoms with van der Waals surface area (Å²) in [7, 11) is 5.43. The molecular weight excluding hydrogens is 504 g/mol. The van der Waals surface area contributed by atoms with Crippen molar-refractivity contribution in [2.75, 3.05) is 41.0 Å².